The van der Waals surface area contributed by atoms with Crippen LogP contribution in [0.2, 0.25) is 0 Å². The highest BCUT2D eigenvalue weighted by atomic mass is 16.6. The monoisotopic (exact) mass is 913 g/mol. The SMILES string of the molecule is CCCCC/C=C/C/C=C/CCCCCCCCCCCC(=O)OC[C@@H](COC(=O)CCCCCCCCCCCCCCCC)OC(=O)CCCCCCC/C=C/CCCCCCC. The second-order valence-electron chi connectivity index (χ2n) is 19.2. The van der Waals surface area contributed by atoms with Crippen LogP contribution in [0.15, 0.2) is 36.5 Å². The molecule has 0 amide bonds. The Hall–Kier alpha value is -2.37. The Morgan fingerprint density at radius 1 is 0.308 bits per heavy atom. The van der Waals surface area contributed by atoms with Crippen LogP contribution in [-0.2, 0) is 28.6 Å². The topological polar surface area (TPSA) is 78.9 Å². The normalized spacial score (nSPS) is 12.2. The Morgan fingerprint density at radius 3 is 0.892 bits per heavy atom. The number of hydrogen-bond acceptors (Lipinski definition) is 6. The minimum Gasteiger partial charge on any atom is -0.462 e. The Morgan fingerprint density at radius 2 is 0.554 bits per heavy atom. The van der Waals surface area contributed by atoms with Gasteiger partial charge in [-0.25, -0.2) is 0 Å². The van der Waals surface area contributed by atoms with Crippen molar-refractivity contribution in [3.63, 3.8) is 0 Å². The summed E-state index contributed by atoms with van der Waals surface area (Å²) in [6.07, 6.45) is 64.1. The average Bonchev–Trinajstić information content (AvgIpc) is 3.30. The van der Waals surface area contributed by atoms with Crippen molar-refractivity contribution in [1.82, 2.24) is 0 Å². The molecule has 0 saturated heterocycles. The fourth-order valence-corrected chi connectivity index (χ4v) is 8.29. The van der Waals surface area contributed by atoms with Crippen LogP contribution in [0.25, 0.3) is 0 Å². The van der Waals surface area contributed by atoms with E-state index in [-0.39, 0.29) is 31.1 Å². The van der Waals surface area contributed by atoms with E-state index in [4.69, 9.17) is 14.2 Å². The standard InChI is InChI=1S/C59H108O6/c1-4-7-10-13-16-19-22-25-28-29-30-31-32-35-37-40-43-46-49-52-58(61)64-55-56(65-59(62)53-50-47-44-41-38-34-27-24-21-18-15-12-9-6-3)54-63-57(60)51-48-45-42-39-36-33-26-23-20-17-14-11-8-5-2/h16,19,24-25,27-28,56H,4-15,17-18,20-23,26,29-55H2,1-3H3/b19-16+,27-24+,28-25+/t56-/m1/s1. The van der Waals surface area contributed by atoms with Crippen LogP contribution in [0.4, 0.5) is 0 Å². The van der Waals surface area contributed by atoms with Gasteiger partial charge in [0.2, 0.25) is 0 Å². The molecule has 0 saturated carbocycles. The van der Waals surface area contributed by atoms with Crippen molar-refractivity contribution in [2.24, 2.45) is 0 Å². The number of rotatable bonds is 52. The summed E-state index contributed by atoms with van der Waals surface area (Å²) in [6, 6.07) is 0. The molecule has 0 aromatic heterocycles. The first kappa shape index (κ1) is 62.6. The molecule has 380 valence electrons. The Labute approximate surface area is 404 Å². The summed E-state index contributed by atoms with van der Waals surface area (Å²) in [5, 5.41) is 0. The number of hydrogen-bond donors (Lipinski definition) is 0. The number of unbranched alkanes of at least 4 members (excludes halogenated alkanes) is 35. The minimum atomic E-state index is -0.775. The van der Waals surface area contributed by atoms with Crippen molar-refractivity contribution in [3.8, 4) is 0 Å². The molecule has 0 aliphatic carbocycles. The number of allylic oxidation sites excluding steroid dienone is 6. The van der Waals surface area contributed by atoms with Gasteiger partial charge in [-0.3, -0.25) is 14.4 Å². The lowest BCUT2D eigenvalue weighted by atomic mass is 10.0. The lowest BCUT2D eigenvalue weighted by Crippen LogP contribution is -2.30. The summed E-state index contributed by atoms with van der Waals surface area (Å²) < 4.78 is 16.9. The quantitative estimate of drug-likeness (QED) is 0.0262. The smallest absolute Gasteiger partial charge is 0.306 e. The van der Waals surface area contributed by atoms with Gasteiger partial charge in [0.05, 0.1) is 0 Å². The third-order valence-electron chi connectivity index (χ3n) is 12.6. The molecular formula is C59H108O6. The molecule has 0 radical (unpaired) electrons. The lowest BCUT2D eigenvalue weighted by molar-refractivity contribution is -0.167. The average molecular weight is 914 g/mol. The van der Waals surface area contributed by atoms with E-state index in [0.29, 0.717) is 19.3 Å². The molecule has 0 spiro atoms. The molecule has 6 nitrogen and oxygen atoms in total. The maximum Gasteiger partial charge on any atom is 0.306 e. The second kappa shape index (κ2) is 54.2. The molecule has 1 atom stereocenters. The van der Waals surface area contributed by atoms with E-state index in [1.807, 2.05) is 0 Å². The molecule has 0 rings (SSSR count). The summed E-state index contributed by atoms with van der Waals surface area (Å²) in [5.41, 5.74) is 0. The number of carbonyl (C=O) groups is 3. The first-order valence-corrected chi connectivity index (χ1v) is 28.5. The predicted octanol–water partition coefficient (Wildman–Crippen LogP) is 18.9. The van der Waals surface area contributed by atoms with E-state index < -0.39 is 6.10 Å². The van der Waals surface area contributed by atoms with Crippen LogP contribution in [0.1, 0.15) is 303 Å². The summed E-state index contributed by atoms with van der Waals surface area (Å²) in [5.74, 6) is -0.870. The molecule has 0 aromatic rings. The predicted molar refractivity (Wildman–Crippen MR) is 279 cm³/mol. The third-order valence-corrected chi connectivity index (χ3v) is 12.6. The molecule has 65 heavy (non-hydrogen) atoms. The van der Waals surface area contributed by atoms with Crippen molar-refractivity contribution in [3.05, 3.63) is 36.5 Å². The fraction of sp³-hybridized carbons (Fsp3) is 0.847. The van der Waals surface area contributed by atoms with Crippen molar-refractivity contribution in [1.29, 1.82) is 0 Å². The van der Waals surface area contributed by atoms with Gasteiger partial charge in [0.1, 0.15) is 13.2 Å². The molecule has 0 bridgehead atoms. The fourth-order valence-electron chi connectivity index (χ4n) is 8.29. The van der Waals surface area contributed by atoms with E-state index in [2.05, 4.69) is 57.2 Å². The van der Waals surface area contributed by atoms with Gasteiger partial charge in [0.25, 0.3) is 0 Å². The van der Waals surface area contributed by atoms with Gasteiger partial charge in [-0.2, -0.15) is 0 Å². The number of ether oxygens (including phenoxy) is 3. The van der Waals surface area contributed by atoms with Gasteiger partial charge in [-0.15, -0.1) is 0 Å². The summed E-state index contributed by atoms with van der Waals surface area (Å²) >= 11 is 0. The maximum absolute atomic E-state index is 12.8. The highest BCUT2D eigenvalue weighted by Crippen LogP contribution is 2.16. The molecule has 0 fully saturated rings. The van der Waals surface area contributed by atoms with Crippen LogP contribution >= 0.6 is 0 Å². The molecular weight excluding hydrogens is 805 g/mol. The largest absolute Gasteiger partial charge is 0.462 e. The molecule has 0 aliphatic heterocycles. The summed E-state index contributed by atoms with van der Waals surface area (Å²) in [7, 11) is 0. The van der Waals surface area contributed by atoms with Crippen molar-refractivity contribution in [2.75, 3.05) is 13.2 Å². The van der Waals surface area contributed by atoms with Crippen molar-refractivity contribution >= 4 is 17.9 Å². The molecule has 0 aromatic carbocycles. The molecule has 6 heteroatoms. The Kier molecular flexibility index (Phi) is 52.3. The van der Waals surface area contributed by atoms with Crippen LogP contribution in [0.3, 0.4) is 0 Å². The zero-order valence-electron chi connectivity index (χ0n) is 43.5. The van der Waals surface area contributed by atoms with Crippen molar-refractivity contribution < 1.29 is 28.6 Å². The zero-order chi connectivity index (χ0) is 47.2. The van der Waals surface area contributed by atoms with Gasteiger partial charge in [0.15, 0.2) is 6.10 Å². The van der Waals surface area contributed by atoms with Gasteiger partial charge in [-0.1, -0.05) is 243 Å². The van der Waals surface area contributed by atoms with Crippen LogP contribution in [-0.4, -0.2) is 37.2 Å². The molecule has 0 aliphatic rings. The van der Waals surface area contributed by atoms with Gasteiger partial charge >= 0.3 is 17.9 Å². The minimum absolute atomic E-state index is 0.0731. The number of carbonyl (C=O) groups excluding carboxylic acids is 3. The molecule has 0 N–H and O–H groups in total. The van der Waals surface area contributed by atoms with Crippen LogP contribution < -0.4 is 0 Å². The number of esters is 3. The van der Waals surface area contributed by atoms with Gasteiger partial charge < -0.3 is 14.2 Å². The summed E-state index contributed by atoms with van der Waals surface area (Å²) in [4.78, 5) is 38.1. The van der Waals surface area contributed by atoms with E-state index in [0.717, 1.165) is 70.6 Å². The third kappa shape index (κ3) is 52.5. The Bertz CT molecular complexity index is 1090. The zero-order valence-corrected chi connectivity index (χ0v) is 43.5. The first-order chi connectivity index (χ1) is 32.0. The second-order valence-corrected chi connectivity index (χ2v) is 19.2. The highest BCUT2D eigenvalue weighted by molar-refractivity contribution is 5.71. The van der Waals surface area contributed by atoms with Gasteiger partial charge in [-0.05, 0) is 77.0 Å². The van der Waals surface area contributed by atoms with E-state index in [9.17, 15) is 14.4 Å². The Balaban J connectivity index is 4.33. The highest BCUT2D eigenvalue weighted by Gasteiger charge is 2.19. The van der Waals surface area contributed by atoms with E-state index in [1.165, 1.54) is 193 Å². The van der Waals surface area contributed by atoms with Crippen molar-refractivity contribution in [2.45, 2.75) is 309 Å². The molecule has 0 heterocycles. The maximum atomic E-state index is 12.8. The van der Waals surface area contributed by atoms with Gasteiger partial charge in [0, 0.05) is 19.3 Å². The van der Waals surface area contributed by atoms with E-state index >= 15 is 0 Å². The molecule has 0 unspecified atom stereocenters. The van der Waals surface area contributed by atoms with Crippen LogP contribution in [0, 0.1) is 0 Å². The van der Waals surface area contributed by atoms with Crippen LogP contribution in [0.5, 0.6) is 0 Å². The summed E-state index contributed by atoms with van der Waals surface area (Å²) in [6.45, 7) is 6.63. The van der Waals surface area contributed by atoms with E-state index in [1.54, 1.807) is 0 Å². The lowest BCUT2D eigenvalue weighted by Gasteiger charge is -2.18. The first-order valence-electron chi connectivity index (χ1n) is 28.5.